The molecule has 0 saturated carbocycles. The number of benzene rings is 2. The third-order valence-corrected chi connectivity index (χ3v) is 5.77. The molecule has 0 unspecified atom stereocenters. The van der Waals surface area contributed by atoms with E-state index in [0.717, 1.165) is 15.6 Å². The fourth-order valence-electron chi connectivity index (χ4n) is 3.38. The quantitative estimate of drug-likeness (QED) is 0.474. The average Bonchev–Trinajstić information content (AvgIpc) is 3.34. The highest BCUT2D eigenvalue weighted by Crippen LogP contribution is 2.35. The minimum absolute atomic E-state index is 0.130. The number of ether oxygens (including phenoxy) is 3. The molecule has 1 aliphatic rings. The molecule has 1 aliphatic heterocycles. The van der Waals surface area contributed by atoms with Crippen molar-refractivity contribution in [1.82, 2.24) is 4.57 Å². The van der Waals surface area contributed by atoms with Gasteiger partial charge in [-0.25, -0.2) is 0 Å². The van der Waals surface area contributed by atoms with Crippen LogP contribution in [0.5, 0.6) is 17.2 Å². The Morgan fingerprint density at radius 1 is 1.27 bits per heavy atom. The molecule has 150 valence electrons. The maximum Gasteiger partial charge on any atom is 0.315 e. The van der Waals surface area contributed by atoms with E-state index in [1.807, 2.05) is 24.3 Å². The molecule has 0 aliphatic carbocycles. The summed E-state index contributed by atoms with van der Waals surface area (Å²) < 4.78 is 25.0. The van der Waals surface area contributed by atoms with Crippen molar-refractivity contribution in [1.29, 1.82) is 0 Å². The Labute approximate surface area is 175 Å². The summed E-state index contributed by atoms with van der Waals surface area (Å²) in [4.78, 5) is 17.6. The number of amides is 1. The van der Waals surface area contributed by atoms with Gasteiger partial charge in [0.05, 0.1) is 23.9 Å². The molecule has 3 heterocycles. The number of hydrogen-bond acceptors (Lipinski definition) is 6. The van der Waals surface area contributed by atoms with Gasteiger partial charge >= 0.3 is 5.91 Å². The first-order valence-corrected chi connectivity index (χ1v) is 10.0. The lowest BCUT2D eigenvalue weighted by Gasteiger charge is -2.18. The summed E-state index contributed by atoms with van der Waals surface area (Å²) in [6, 6.07) is 10.9. The van der Waals surface area contributed by atoms with E-state index in [1.165, 1.54) is 11.3 Å². The van der Waals surface area contributed by atoms with Crippen LogP contribution in [0.4, 0.5) is 0 Å². The standard InChI is InChI=1S/C22H16N2O5S/c1-3-7-24-14-11-16-17(28-9-8-27-16)12-19(14)30-22(24)23-21(25)18-10-13-5-4-6-15(26-2)20(13)29-18/h1,4-6,10-12H,7-9H2,2H3. The Morgan fingerprint density at radius 3 is 2.83 bits per heavy atom. The number of thiazole rings is 1. The van der Waals surface area contributed by atoms with Gasteiger partial charge in [0, 0.05) is 17.5 Å². The Balaban J connectivity index is 1.63. The van der Waals surface area contributed by atoms with Crippen LogP contribution in [-0.2, 0) is 6.54 Å². The molecule has 8 heteroatoms. The minimum Gasteiger partial charge on any atom is -0.493 e. The molecular formula is C22H16N2O5S. The van der Waals surface area contributed by atoms with Gasteiger partial charge in [-0.2, -0.15) is 4.99 Å². The molecule has 30 heavy (non-hydrogen) atoms. The van der Waals surface area contributed by atoms with Crippen LogP contribution in [0.1, 0.15) is 10.6 Å². The average molecular weight is 420 g/mol. The molecule has 1 amide bonds. The lowest BCUT2D eigenvalue weighted by Crippen LogP contribution is -2.17. The number of rotatable bonds is 3. The monoisotopic (exact) mass is 420 g/mol. The normalized spacial score (nSPS) is 13.5. The van der Waals surface area contributed by atoms with Gasteiger partial charge in [0.25, 0.3) is 0 Å². The number of terminal acetylenes is 1. The van der Waals surface area contributed by atoms with E-state index in [4.69, 9.17) is 25.1 Å². The van der Waals surface area contributed by atoms with E-state index in [1.54, 1.807) is 23.8 Å². The smallest absolute Gasteiger partial charge is 0.315 e. The molecule has 2 aromatic carbocycles. The first-order valence-electron chi connectivity index (χ1n) is 9.20. The number of para-hydroxylation sites is 1. The number of furan rings is 1. The van der Waals surface area contributed by atoms with Crippen LogP contribution in [0.2, 0.25) is 0 Å². The molecular weight excluding hydrogens is 404 g/mol. The third kappa shape index (κ3) is 3.00. The Bertz CT molecular complexity index is 1400. The van der Waals surface area contributed by atoms with Crippen LogP contribution in [0.25, 0.3) is 21.2 Å². The summed E-state index contributed by atoms with van der Waals surface area (Å²) in [6.45, 7) is 1.25. The molecule has 0 atom stereocenters. The Kier molecular flexibility index (Phi) is 4.45. The van der Waals surface area contributed by atoms with Gasteiger partial charge in [-0.05, 0) is 12.1 Å². The molecule has 0 saturated heterocycles. The summed E-state index contributed by atoms with van der Waals surface area (Å²) in [5.41, 5.74) is 1.34. The second-order valence-electron chi connectivity index (χ2n) is 6.54. The molecule has 7 nitrogen and oxygen atoms in total. The molecule has 0 N–H and O–H groups in total. The second kappa shape index (κ2) is 7.28. The summed E-state index contributed by atoms with van der Waals surface area (Å²) >= 11 is 1.35. The van der Waals surface area contributed by atoms with Gasteiger partial charge in [-0.15, -0.1) is 6.42 Å². The van der Waals surface area contributed by atoms with E-state index in [9.17, 15) is 4.79 Å². The van der Waals surface area contributed by atoms with Gasteiger partial charge in [0.2, 0.25) is 0 Å². The number of methoxy groups -OCH3 is 1. The predicted octanol–water partition coefficient (Wildman–Crippen LogP) is 3.60. The van der Waals surface area contributed by atoms with E-state index in [-0.39, 0.29) is 12.3 Å². The minimum atomic E-state index is -0.497. The second-order valence-corrected chi connectivity index (χ2v) is 7.55. The molecule has 2 aromatic heterocycles. The van der Waals surface area contributed by atoms with Crippen LogP contribution in [0.3, 0.4) is 0 Å². The number of nitrogens with zero attached hydrogens (tertiary/aromatic N) is 2. The zero-order valence-electron chi connectivity index (χ0n) is 16.0. The van der Waals surface area contributed by atoms with E-state index in [2.05, 4.69) is 10.9 Å². The molecule has 5 rings (SSSR count). The van der Waals surface area contributed by atoms with Gasteiger partial charge in [-0.3, -0.25) is 4.79 Å². The lowest BCUT2D eigenvalue weighted by atomic mass is 10.2. The SMILES string of the molecule is C#CCn1c(=NC(=O)c2cc3cccc(OC)c3o2)sc2cc3c(cc21)OCCO3. The number of fused-ring (bicyclic) bond motifs is 3. The summed E-state index contributed by atoms with van der Waals surface area (Å²) in [5.74, 6) is 4.13. The third-order valence-electron chi connectivity index (χ3n) is 4.73. The molecule has 0 bridgehead atoms. The van der Waals surface area contributed by atoms with Gasteiger partial charge in [0.1, 0.15) is 13.2 Å². The van der Waals surface area contributed by atoms with Crippen molar-refractivity contribution in [3.05, 3.63) is 47.0 Å². The van der Waals surface area contributed by atoms with Crippen LogP contribution in [0, 0.1) is 12.3 Å². The summed E-state index contributed by atoms with van der Waals surface area (Å²) in [7, 11) is 1.55. The highest BCUT2D eigenvalue weighted by Gasteiger charge is 2.18. The molecule has 0 spiro atoms. The van der Waals surface area contributed by atoms with Crippen molar-refractivity contribution in [3.8, 4) is 29.6 Å². The van der Waals surface area contributed by atoms with Crippen molar-refractivity contribution < 1.29 is 23.4 Å². The fourth-order valence-corrected chi connectivity index (χ4v) is 4.42. The summed E-state index contributed by atoms with van der Waals surface area (Å²) in [5, 5.41) is 0.766. The van der Waals surface area contributed by atoms with Crippen LogP contribution in [0.15, 0.2) is 45.8 Å². The Morgan fingerprint density at radius 2 is 2.07 bits per heavy atom. The van der Waals surface area contributed by atoms with Crippen molar-refractivity contribution in [2.24, 2.45) is 4.99 Å². The first kappa shape index (κ1) is 18.3. The van der Waals surface area contributed by atoms with E-state index in [0.29, 0.717) is 40.8 Å². The Hall–Kier alpha value is -3.70. The van der Waals surface area contributed by atoms with Crippen LogP contribution < -0.4 is 19.0 Å². The number of carbonyl (C=O) groups is 1. The number of aromatic nitrogens is 1. The van der Waals surface area contributed by atoms with Gasteiger partial charge in [0.15, 0.2) is 33.4 Å². The zero-order chi connectivity index (χ0) is 20.7. The van der Waals surface area contributed by atoms with Crippen molar-refractivity contribution in [3.63, 3.8) is 0 Å². The fraction of sp³-hybridized carbons (Fsp3) is 0.182. The summed E-state index contributed by atoms with van der Waals surface area (Å²) in [6.07, 6.45) is 5.56. The van der Waals surface area contributed by atoms with Gasteiger partial charge in [-0.1, -0.05) is 29.4 Å². The predicted molar refractivity (Wildman–Crippen MR) is 112 cm³/mol. The zero-order valence-corrected chi connectivity index (χ0v) is 16.8. The highest BCUT2D eigenvalue weighted by atomic mass is 32.1. The largest absolute Gasteiger partial charge is 0.493 e. The first-order chi connectivity index (χ1) is 14.7. The highest BCUT2D eigenvalue weighted by molar-refractivity contribution is 7.16. The number of hydrogen-bond donors (Lipinski definition) is 0. The molecule has 4 aromatic rings. The number of carbonyl (C=O) groups excluding carboxylic acids is 1. The van der Waals surface area contributed by atoms with E-state index >= 15 is 0 Å². The van der Waals surface area contributed by atoms with Crippen molar-refractivity contribution >= 4 is 38.4 Å². The molecule has 0 fully saturated rings. The maximum absolute atomic E-state index is 12.9. The topological polar surface area (TPSA) is 75.2 Å². The van der Waals surface area contributed by atoms with E-state index < -0.39 is 5.91 Å². The van der Waals surface area contributed by atoms with Gasteiger partial charge < -0.3 is 23.2 Å². The van der Waals surface area contributed by atoms with Crippen molar-refractivity contribution in [2.75, 3.05) is 20.3 Å². The lowest BCUT2D eigenvalue weighted by molar-refractivity contribution is 0.0973. The molecule has 0 radical (unpaired) electrons. The van der Waals surface area contributed by atoms with Crippen LogP contribution >= 0.6 is 11.3 Å². The van der Waals surface area contributed by atoms with Crippen LogP contribution in [-0.4, -0.2) is 30.8 Å². The maximum atomic E-state index is 12.9. The van der Waals surface area contributed by atoms with Crippen molar-refractivity contribution in [2.45, 2.75) is 6.54 Å².